The number of carbonyl (C=O) groups excluding carboxylic acids is 1. The predicted octanol–water partition coefficient (Wildman–Crippen LogP) is 2.44. The van der Waals surface area contributed by atoms with Gasteiger partial charge in [-0.25, -0.2) is 4.98 Å². The van der Waals surface area contributed by atoms with Gasteiger partial charge in [-0.05, 0) is 39.8 Å². The fourth-order valence-electron chi connectivity index (χ4n) is 2.71. The number of aromatic amines is 1. The average molecular weight is 337 g/mol. The van der Waals surface area contributed by atoms with Crippen molar-refractivity contribution < 1.29 is 4.79 Å². The summed E-state index contributed by atoms with van der Waals surface area (Å²) in [7, 11) is 0. The van der Waals surface area contributed by atoms with Gasteiger partial charge in [0.15, 0.2) is 0 Å². The zero-order chi connectivity index (χ0) is 18.1. The van der Waals surface area contributed by atoms with Crippen LogP contribution in [-0.2, 0) is 0 Å². The van der Waals surface area contributed by atoms with Crippen LogP contribution in [0, 0.1) is 27.7 Å². The third kappa shape index (κ3) is 3.65. The fourth-order valence-corrected chi connectivity index (χ4v) is 2.71. The summed E-state index contributed by atoms with van der Waals surface area (Å²) in [5.41, 5.74) is 3.58. The van der Waals surface area contributed by atoms with Crippen LogP contribution >= 0.6 is 0 Å². The van der Waals surface area contributed by atoms with Gasteiger partial charge in [0, 0.05) is 23.4 Å². The van der Waals surface area contributed by atoms with Crippen LogP contribution in [-0.4, -0.2) is 25.7 Å². The van der Waals surface area contributed by atoms with Crippen LogP contribution < -0.4 is 10.9 Å². The first-order chi connectivity index (χ1) is 11.8. The van der Waals surface area contributed by atoms with Crippen molar-refractivity contribution in [3.8, 4) is 5.95 Å². The standard InChI is InChI=1S/C18H19N5O2/c1-10-5-11(2)7-14(6-10)17(25)20-15-8-13(4)22-23(15)18-19-12(3)9-16(24)21-18/h5-9H,1-4H3,(H,20,25)(H,19,21,24). The van der Waals surface area contributed by atoms with Gasteiger partial charge < -0.3 is 5.32 Å². The molecule has 1 aromatic carbocycles. The molecular formula is C18H19N5O2. The number of anilines is 1. The Bertz CT molecular complexity index is 996. The zero-order valence-corrected chi connectivity index (χ0v) is 14.5. The molecule has 3 aromatic rings. The van der Waals surface area contributed by atoms with E-state index in [1.165, 1.54) is 10.7 Å². The van der Waals surface area contributed by atoms with Gasteiger partial charge in [-0.3, -0.25) is 14.6 Å². The lowest BCUT2D eigenvalue weighted by atomic mass is 10.1. The van der Waals surface area contributed by atoms with Crippen molar-refractivity contribution in [2.24, 2.45) is 0 Å². The minimum atomic E-state index is -0.276. The molecular weight excluding hydrogens is 318 g/mol. The van der Waals surface area contributed by atoms with Gasteiger partial charge in [0.25, 0.3) is 11.5 Å². The number of nitrogens with one attached hydrogen (secondary N) is 2. The van der Waals surface area contributed by atoms with Crippen molar-refractivity contribution in [2.45, 2.75) is 27.7 Å². The predicted molar refractivity (Wildman–Crippen MR) is 95.3 cm³/mol. The molecule has 0 spiro atoms. The molecule has 2 heterocycles. The van der Waals surface area contributed by atoms with E-state index in [1.54, 1.807) is 19.9 Å². The summed E-state index contributed by atoms with van der Waals surface area (Å²) >= 11 is 0. The quantitative estimate of drug-likeness (QED) is 0.768. The van der Waals surface area contributed by atoms with Gasteiger partial charge in [-0.2, -0.15) is 9.78 Å². The second-order valence-electron chi connectivity index (χ2n) is 6.12. The van der Waals surface area contributed by atoms with Gasteiger partial charge in [-0.15, -0.1) is 0 Å². The van der Waals surface area contributed by atoms with Crippen molar-refractivity contribution in [2.75, 3.05) is 5.32 Å². The summed E-state index contributed by atoms with van der Waals surface area (Å²) in [5, 5.41) is 7.15. The van der Waals surface area contributed by atoms with Crippen molar-refractivity contribution in [3.05, 3.63) is 68.8 Å². The first-order valence-electron chi connectivity index (χ1n) is 7.86. The molecule has 7 nitrogen and oxygen atoms in total. The summed E-state index contributed by atoms with van der Waals surface area (Å²) in [6.07, 6.45) is 0. The number of hydrogen-bond acceptors (Lipinski definition) is 4. The van der Waals surface area contributed by atoms with E-state index in [2.05, 4.69) is 20.4 Å². The Morgan fingerprint density at radius 2 is 1.68 bits per heavy atom. The molecule has 25 heavy (non-hydrogen) atoms. The molecule has 1 amide bonds. The highest BCUT2D eigenvalue weighted by Crippen LogP contribution is 2.16. The maximum Gasteiger partial charge on any atom is 0.256 e. The van der Waals surface area contributed by atoms with E-state index in [0.29, 0.717) is 22.8 Å². The number of nitrogens with zero attached hydrogens (tertiary/aromatic N) is 3. The van der Waals surface area contributed by atoms with E-state index in [-0.39, 0.29) is 17.4 Å². The molecule has 7 heteroatoms. The second-order valence-corrected chi connectivity index (χ2v) is 6.12. The van der Waals surface area contributed by atoms with Crippen molar-refractivity contribution in [3.63, 3.8) is 0 Å². The van der Waals surface area contributed by atoms with Crippen LogP contribution in [0.15, 0.2) is 35.1 Å². The van der Waals surface area contributed by atoms with E-state index < -0.39 is 0 Å². The molecule has 0 bridgehead atoms. The summed E-state index contributed by atoms with van der Waals surface area (Å²) in [6, 6.07) is 8.77. The lowest BCUT2D eigenvalue weighted by molar-refractivity contribution is 0.102. The Balaban J connectivity index is 1.98. The van der Waals surface area contributed by atoms with Crippen LogP contribution in [0.3, 0.4) is 0 Å². The second kappa shape index (κ2) is 6.35. The maximum atomic E-state index is 12.6. The number of benzene rings is 1. The molecule has 0 saturated carbocycles. The molecule has 0 saturated heterocycles. The molecule has 2 N–H and O–H groups in total. The minimum absolute atomic E-state index is 0.247. The highest BCUT2D eigenvalue weighted by Gasteiger charge is 2.14. The lowest BCUT2D eigenvalue weighted by Crippen LogP contribution is -2.19. The zero-order valence-electron chi connectivity index (χ0n) is 14.5. The number of carbonyl (C=O) groups is 1. The van der Waals surface area contributed by atoms with E-state index in [4.69, 9.17) is 0 Å². The summed E-state index contributed by atoms with van der Waals surface area (Å²) in [6.45, 7) is 7.42. The Morgan fingerprint density at radius 1 is 1.00 bits per heavy atom. The Labute approximate surface area is 144 Å². The molecule has 0 radical (unpaired) electrons. The van der Waals surface area contributed by atoms with Crippen LogP contribution in [0.5, 0.6) is 0 Å². The first kappa shape index (κ1) is 16.6. The molecule has 0 aliphatic rings. The van der Waals surface area contributed by atoms with Crippen molar-refractivity contribution in [1.82, 2.24) is 19.7 Å². The van der Waals surface area contributed by atoms with Crippen LogP contribution in [0.4, 0.5) is 5.82 Å². The number of aryl methyl sites for hydroxylation is 4. The summed E-state index contributed by atoms with van der Waals surface area (Å²) in [5.74, 6) is 0.451. The van der Waals surface area contributed by atoms with Gasteiger partial charge in [0.05, 0.1) is 5.69 Å². The smallest absolute Gasteiger partial charge is 0.256 e. The summed E-state index contributed by atoms with van der Waals surface area (Å²) in [4.78, 5) is 31.2. The normalized spacial score (nSPS) is 10.7. The monoisotopic (exact) mass is 337 g/mol. The maximum absolute atomic E-state index is 12.6. The van der Waals surface area contributed by atoms with Gasteiger partial charge >= 0.3 is 0 Å². The molecule has 128 valence electrons. The number of amides is 1. The molecule has 0 fully saturated rings. The van der Waals surface area contributed by atoms with Crippen molar-refractivity contribution in [1.29, 1.82) is 0 Å². The van der Waals surface area contributed by atoms with Crippen LogP contribution in [0.25, 0.3) is 5.95 Å². The molecule has 2 aromatic heterocycles. The largest absolute Gasteiger partial charge is 0.306 e. The number of H-pyrrole nitrogens is 1. The van der Waals surface area contributed by atoms with Crippen LogP contribution in [0.1, 0.15) is 32.9 Å². The molecule has 0 aliphatic heterocycles. The van der Waals surface area contributed by atoms with E-state index in [0.717, 1.165) is 11.1 Å². The first-order valence-corrected chi connectivity index (χ1v) is 7.86. The molecule has 0 unspecified atom stereocenters. The highest BCUT2D eigenvalue weighted by atomic mass is 16.1. The van der Waals surface area contributed by atoms with Crippen LogP contribution in [0.2, 0.25) is 0 Å². The number of hydrogen-bond donors (Lipinski definition) is 2. The van der Waals surface area contributed by atoms with Gasteiger partial charge in [-0.1, -0.05) is 17.2 Å². The van der Waals surface area contributed by atoms with Crippen molar-refractivity contribution >= 4 is 11.7 Å². The number of aromatic nitrogens is 4. The van der Waals surface area contributed by atoms with E-state index in [1.807, 2.05) is 32.0 Å². The highest BCUT2D eigenvalue weighted by molar-refractivity contribution is 6.04. The molecule has 3 rings (SSSR count). The van der Waals surface area contributed by atoms with E-state index >= 15 is 0 Å². The Hall–Kier alpha value is -3.22. The third-order valence-corrected chi connectivity index (χ3v) is 3.61. The number of rotatable bonds is 3. The van der Waals surface area contributed by atoms with E-state index in [9.17, 15) is 9.59 Å². The summed E-state index contributed by atoms with van der Waals surface area (Å²) < 4.78 is 1.42. The Morgan fingerprint density at radius 3 is 2.32 bits per heavy atom. The average Bonchev–Trinajstić information content (AvgIpc) is 2.86. The molecule has 0 atom stereocenters. The van der Waals surface area contributed by atoms with Gasteiger partial charge in [0.1, 0.15) is 5.82 Å². The molecule has 0 aliphatic carbocycles. The SMILES string of the molecule is Cc1cc(C)cc(C(=O)Nc2cc(C)nn2-c2nc(C)cc(=O)[nH]2)c1. The lowest BCUT2D eigenvalue weighted by Gasteiger charge is -2.09. The Kier molecular flexibility index (Phi) is 4.22. The van der Waals surface area contributed by atoms with Gasteiger partial charge in [0.2, 0.25) is 5.95 Å². The fraction of sp³-hybridized carbons (Fsp3) is 0.222. The third-order valence-electron chi connectivity index (χ3n) is 3.61. The minimum Gasteiger partial charge on any atom is -0.306 e. The topological polar surface area (TPSA) is 92.7 Å².